The summed E-state index contributed by atoms with van der Waals surface area (Å²) in [5, 5.41) is 20.3. The first-order chi connectivity index (χ1) is 13.0. The second-order valence-electron chi connectivity index (χ2n) is 5.56. The van der Waals surface area contributed by atoms with Gasteiger partial charge in [0, 0.05) is 24.4 Å². The maximum Gasteiger partial charge on any atom is 0.358 e. The lowest BCUT2D eigenvalue weighted by atomic mass is 10.1. The van der Waals surface area contributed by atoms with Crippen molar-refractivity contribution in [3.63, 3.8) is 0 Å². The van der Waals surface area contributed by atoms with Gasteiger partial charge in [0.1, 0.15) is 11.3 Å². The van der Waals surface area contributed by atoms with Crippen LogP contribution < -0.4 is 5.49 Å². The Bertz CT molecular complexity index is 1060. The number of esters is 1. The summed E-state index contributed by atoms with van der Waals surface area (Å²) in [6.07, 6.45) is 3.56. The highest BCUT2D eigenvalue weighted by Crippen LogP contribution is 2.18. The molecule has 0 bridgehead atoms. The van der Waals surface area contributed by atoms with Gasteiger partial charge in [0.15, 0.2) is 11.5 Å². The van der Waals surface area contributed by atoms with Crippen molar-refractivity contribution in [2.45, 2.75) is 6.42 Å². The zero-order chi connectivity index (χ0) is 19.4. The molecule has 0 aliphatic heterocycles. The lowest BCUT2D eigenvalue weighted by Crippen LogP contribution is -2.31. The molecular weight excluding hydrogens is 412 g/mol. The second-order valence-corrected chi connectivity index (χ2v) is 6.47. The monoisotopic (exact) mass is 426 g/mol. The molecule has 136 valence electrons. The SMILES string of the molecule is COC(=O)c1ccc(=N)n(C(=N)Cc2cccc(-c3ncc(Br)cn3)c2)n1. The number of ether oxygens (including phenoxy) is 1. The van der Waals surface area contributed by atoms with E-state index >= 15 is 0 Å². The van der Waals surface area contributed by atoms with Crippen LogP contribution in [0.2, 0.25) is 0 Å². The number of nitrogens with zero attached hydrogens (tertiary/aromatic N) is 4. The summed E-state index contributed by atoms with van der Waals surface area (Å²) < 4.78 is 6.54. The fraction of sp³-hybridized carbons (Fsp3) is 0.111. The Morgan fingerprint density at radius 3 is 2.67 bits per heavy atom. The van der Waals surface area contributed by atoms with E-state index in [0.717, 1.165) is 20.3 Å². The summed E-state index contributed by atoms with van der Waals surface area (Å²) in [6.45, 7) is 0. The third kappa shape index (κ3) is 4.32. The molecule has 0 atom stereocenters. The van der Waals surface area contributed by atoms with Crippen LogP contribution >= 0.6 is 15.9 Å². The molecule has 0 fully saturated rings. The van der Waals surface area contributed by atoms with E-state index in [1.807, 2.05) is 24.3 Å². The van der Waals surface area contributed by atoms with Gasteiger partial charge in [0.25, 0.3) is 0 Å². The number of rotatable bonds is 4. The molecule has 8 nitrogen and oxygen atoms in total. The molecule has 0 saturated carbocycles. The van der Waals surface area contributed by atoms with Crippen LogP contribution in [0.5, 0.6) is 0 Å². The number of hydrogen-bond donors (Lipinski definition) is 2. The minimum atomic E-state index is -0.620. The molecule has 0 radical (unpaired) electrons. The second kappa shape index (κ2) is 8.00. The van der Waals surface area contributed by atoms with Gasteiger partial charge in [-0.2, -0.15) is 5.10 Å². The van der Waals surface area contributed by atoms with Crippen LogP contribution in [0.4, 0.5) is 0 Å². The largest absolute Gasteiger partial charge is 0.464 e. The zero-order valence-corrected chi connectivity index (χ0v) is 15.9. The van der Waals surface area contributed by atoms with Gasteiger partial charge in [-0.05, 0) is 39.7 Å². The van der Waals surface area contributed by atoms with Crippen LogP contribution in [-0.2, 0) is 11.2 Å². The molecule has 2 heterocycles. The summed E-state index contributed by atoms with van der Waals surface area (Å²) in [5.41, 5.74) is 1.69. The predicted octanol–water partition coefficient (Wildman–Crippen LogP) is 2.44. The summed E-state index contributed by atoms with van der Waals surface area (Å²) in [7, 11) is 1.25. The van der Waals surface area contributed by atoms with Gasteiger partial charge in [-0.15, -0.1) is 0 Å². The van der Waals surface area contributed by atoms with Crippen molar-refractivity contribution in [3.05, 3.63) is 70.0 Å². The fourth-order valence-corrected chi connectivity index (χ4v) is 2.60. The standard InChI is InChI=1S/C18H15BrN6O2/c1-27-18(26)14-5-6-15(20)25(24-14)16(21)8-11-3-2-4-12(7-11)17-22-9-13(19)10-23-17/h2-7,9-10,20-21H,8H2,1H3. The van der Waals surface area contributed by atoms with E-state index in [4.69, 9.17) is 10.8 Å². The van der Waals surface area contributed by atoms with Gasteiger partial charge in [0.2, 0.25) is 0 Å². The van der Waals surface area contributed by atoms with Crippen molar-refractivity contribution in [1.82, 2.24) is 19.7 Å². The molecule has 2 aromatic heterocycles. The van der Waals surface area contributed by atoms with E-state index in [-0.39, 0.29) is 23.4 Å². The topological polar surface area (TPSA) is 118 Å². The molecule has 3 aromatic rings. The first-order valence-corrected chi connectivity index (χ1v) is 8.65. The lowest BCUT2D eigenvalue weighted by molar-refractivity contribution is 0.0592. The van der Waals surface area contributed by atoms with Gasteiger partial charge in [-0.1, -0.05) is 18.2 Å². The summed E-state index contributed by atoms with van der Waals surface area (Å²) in [4.78, 5) is 20.2. The van der Waals surface area contributed by atoms with Crippen LogP contribution in [0.15, 0.2) is 53.3 Å². The predicted molar refractivity (Wildman–Crippen MR) is 101 cm³/mol. The molecule has 0 saturated heterocycles. The maximum atomic E-state index is 11.6. The van der Waals surface area contributed by atoms with Crippen LogP contribution in [0, 0.1) is 10.8 Å². The van der Waals surface area contributed by atoms with E-state index in [1.165, 1.54) is 19.2 Å². The van der Waals surface area contributed by atoms with Crippen LogP contribution in [-0.4, -0.2) is 38.7 Å². The molecule has 0 aliphatic carbocycles. The first kappa shape index (κ1) is 18.6. The first-order valence-electron chi connectivity index (χ1n) is 7.86. The Hall–Kier alpha value is -3.20. The van der Waals surface area contributed by atoms with Crippen molar-refractivity contribution in [3.8, 4) is 11.4 Å². The highest BCUT2D eigenvalue weighted by Gasteiger charge is 2.12. The van der Waals surface area contributed by atoms with Crippen molar-refractivity contribution < 1.29 is 9.53 Å². The quantitative estimate of drug-likeness (QED) is 0.377. The number of halogens is 1. The Morgan fingerprint density at radius 2 is 1.96 bits per heavy atom. The molecule has 3 rings (SSSR count). The summed E-state index contributed by atoms with van der Waals surface area (Å²) in [6, 6.07) is 10.3. The zero-order valence-electron chi connectivity index (χ0n) is 14.3. The van der Waals surface area contributed by atoms with Crippen LogP contribution in [0.1, 0.15) is 16.1 Å². The molecular formula is C18H15BrN6O2. The molecule has 0 unspecified atom stereocenters. The summed E-state index contributed by atoms with van der Waals surface area (Å²) in [5.74, 6) is 0.0109. The smallest absolute Gasteiger partial charge is 0.358 e. The average Bonchev–Trinajstić information content (AvgIpc) is 2.68. The molecule has 0 amide bonds. The molecule has 0 aliphatic rings. The molecule has 27 heavy (non-hydrogen) atoms. The van der Waals surface area contributed by atoms with Crippen LogP contribution in [0.25, 0.3) is 11.4 Å². The molecule has 0 spiro atoms. The number of methoxy groups -OCH3 is 1. The van der Waals surface area contributed by atoms with E-state index in [1.54, 1.807) is 12.4 Å². The summed E-state index contributed by atoms with van der Waals surface area (Å²) >= 11 is 3.31. The van der Waals surface area contributed by atoms with E-state index in [0.29, 0.717) is 5.82 Å². The van der Waals surface area contributed by atoms with Crippen molar-refractivity contribution >= 4 is 27.7 Å². The van der Waals surface area contributed by atoms with Gasteiger partial charge in [-0.25, -0.2) is 19.4 Å². The Balaban J connectivity index is 1.86. The van der Waals surface area contributed by atoms with E-state index in [9.17, 15) is 4.79 Å². The van der Waals surface area contributed by atoms with Crippen molar-refractivity contribution in [2.75, 3.05) is 7.11 Å². The van der Waals surface area contributed by atoms with Crippen molar-refractivity contribution in [1.29, 1.82) is 10.8 Å². The van der Waals surface area contributed by atoms with Gasteiger partial charge in [-0.3, -0.25) is 10.8 Å². The number of carbonyl (C=O) groups excluding carboxylic acids is 1. The number of hydrogen-bond acceptors (Lipinski definition) is 7. The van der Waals surface area contributed by atoms with E-state index < -0.39 is 5.97 Å². The molecule has 2 N–H and O–H groups in total. The average molecular weight is 427 g/mol. The van der Waals surface area contributed by atoms with Crippen LogP contribution in [0.3, 0.4) is 0 Å². The number of carbonyl (C=O) groups is 1. The number of benzene rings is 1. The molecule has 1 aromatic carbocycles. The number of aromatic nitrogens is 4. The van der Waals surface area contributed by atoms with Gasteiger partial charge in [0.05, 0.1) is 11.6 Å². The molecule has 9 heteroatoms. The Kier molecular flexibility index (Phi) is 5.51. The van der Waals surface area contributed by atoms with Gasteiger partial charge >= 0.3 is 5.97 Å². The highest BCUT2D eigenvalue weighted by molar-refractivity contribution is 9.10. The number of nitrogens with one attached hydrogen (secondary N) is 2. The van der Waals surface area contributed by atoms with Crippen molar-refractivity contribution in [2.24, 2.45) is 0 Å². The van der Waals surface area contributed by atoms with E-state index in [2.05, 4.69) is 35.7 Å². The Morgan fingerprint density at radius 1 is 1.22 bits per heavy atom. The maximum absolute atomic E-state index is 11.6. The lowest BCUT2D eigenvalue weighted by Gasteiger charge is -2.10. The third-order valence-corrected chi connectivity index (χ3v) is 4.07. The highest BCUT2D eigenvalue weighted by atomic mass is 79.9. The third-order valence-electron chi connectivity index (χ3n) is 3.66. The van der Waals surface area contributed by atoms with Gasteiger partial charge < -0.3 is 4.74 Å². The Labute approximate surface area is 163 Å². The normalized spacial score (nSPS) is 10.4. The fourth-order valence-electron chi connectivity index (χ4n) is 2.39. The minimum Gasteiger partial charge on any atom is -0.464 e. The minimum absolute atomic E-state index is 0.0000468.